The Bertz CT molecular complexity index is 360. The minimum Gasteiger partial charge on any atom is -0.383 e. The fourth-order valence-electron chi connectivity index (χ4n) is 1.24. The highest BCUT2D eigenvalue weighted by molar-refractivity contribution is 5.41. The quantitative estimate of drug-likeness (QED) is 0.828. The maximum absolute atomic E-state index is 12.1. The van der Waals surface area contributed by atoms with Gasteiger partial charge in [-0.25, -0.2) is 9.97 Å². The van der Waals surface area contributed by atoms with E-state index in [0.29, 0.717) is 17.7 Å². The molecular weight excluding hydrogens is 207 g/mol. The molecule has 0 fully saturated rings. The van der Waals surface area contributed by atoms with E-state index >= 15 is 0 Å². The predicted molar refractivity (Wildman–Crippen MR) is 50.3 cm³/mol. The summed E-state index contributed by atoms with van der Waals surface area (Å²) in [5.74, 6) is -0.136. The molecule has 0 saturated carbocycles. The van der Waals surface area contributed by atoms with Crippen LogP contribution in [0, 0.1) is 6.92 Å². The number of hydrogen-bond donors (Lipinski definition) is 1. The molecule has 6 heteroatoms. The molecule has 0 aliphatic carbocycles. The summed E-state index contributed by atoms with van der Waals surface area (Å²) < 4.78 is 36.3. The fraction of sp³-hybridized carbons (Fsp3) is 0.556. The molecule has 0 aromatic carbocycles. The van der Waals surface area contributed by atoms with Gasteiger partial charge in [-0.3, -0.25) is 0 Å². The summed E-state index contributed by atoms with van der Waals surface area (Å²) in [7, 11) is 0. The molecule has 3 nitrogen and oxygen atoms in total. The lowest BCUT2D eigenvalue weighted by molar-refractivity contribution is -0.128. The minimum atomic E-state index is -4.30. The second-order valence-corrected chi connectivity index (χ2v) is 3.24. The van der Waals surface area contributed by atoms with Crippen molar-refractivity contribution in [1.82, 2.24) is 9.97 Å². The molecule has 84 valence electrons. The molecule has 1 heterocycles. The number of aryl methyl sites for hydroxylation is 1. The third-order valence-electron chi connectivity index (χ3n) is 2.02. The molecule has 2 N–H and O–H groups in total. The van der Waals surface area contributed by atoms with Crippen LogP contribution in [0.5, 0.6) is 0 Å². The lowest BCUT2D eigenvalue weighted by Gasteiger charge is -2.09. The highest BCUT2D eigenvalue weighted by Crippen LogP contribution is 2.21. The zero-order valence-electron chi connectivity index (χ0n) is 8.52. The Morgan fingerprint density at radius 2 is 1.87 bits per heavy atom. The maximum Gasteiger partial charge on any atom is 0.396 e. The van der Waals surface area contributed by atoms with E-state index in [-0.39, 0.29) is 11.6 Å². The molecular formula is C9H12F3N3. The highest BCUT2D eigenvalue weighted by Gasteiger charge is 2.29. The van der Waals surface area contributed by atoms with Crippen LogP contribution < -0.4 is 5.73 Å². The number of rotatable bonds is 2. The first-order valence-corrected chi connectivity index (χ1v) is 4.52. The van der Waals surface area contributed by atoms with Gasteiger partial charge in [0.2, 0.25) is 0 Å². The summed E-state index contributed by atoms with van der Waals surface area (Å²) >= 11 is 0. The van der Waals surface area contributed by atoms with Crippen molar-refractivity contribution in [3.63, 3.8) is 0 Å². The van der Waals surface area contributed by atoms with E-state index in [0.717, 1.165) is 0 Å². The zero-order valence-corrected chi connectivity index (χ0v) is 8.52. The van der Waals surface area contributed by atoms with Crippen molar-refractivity contribution >= 4 is 5.82 Å². The fourth-order valence-corrected chi connectivity index (χ4v) is 1.24. The van der Waals surface area contributed by atoms with Gasteiger partial charge in [0.15, 0.2) is 0 Å². The van der Waals surface area contributed by atoms with Crippen LogP contribution in [0.4, 0.5) is 19.0 Å². The van der Waals surface area contributed by atoms with Gasteiger partial charge in [0, 0.05) is 11.3 Å². The lowest BCUT2D eigenvalue weighted by atomic mass is 10.2. The average molecular weight is 219 g/mol. The van der Waals surface area contributed by atoms with Crippen molar-refractivity contribution < 1.29 is 13.2 Å². The number of nitrogen functional groups attached to an aromatic ring is 1. The first-order valence-electron chi connectivity index (χ1n) is 4.52. The van der Waals surface area contributed by atoms with Gasteiger partial charge in [-0.2, -0.15) is 13.2 Å². The van der Waals surface area contributed by atoms with E-state index in [1.54, 1.807) is 6.92 Å². The SMILES string of the molecule is CCc1nc(CC(F)(F)F)nc(N)c1C. The molecule has 0 spiro atoms. The van der Waals surface area contributed by atoms with Gasteiger partial charge in [-0.15, -0.1) is 0 Å². The highest BCUT2D eigenvalue weighted by atomic mass is 19.4. The molecule has 0 bridgehead atoms. The number of nitrogens with two attached hydrogens (primary N) is 1. The standard InChI is InChI=1S/C9H12F3N3/c1-3-6-5(2)8(13)15-7(14-6)4-9(10,11)12/h3-4H2,1-2H3,(H2,13,14,15). The molecule has 0 amide bonds. The second-order valence-electron chi connectivity index (χ2n) is 3.24. The minimum absolute atomic E-state index is 0.126. The number of nitrogens with zero attached hydrogens (tertiary/aromatic N) is 2. The van der Waals surface area contributed by atoms with Crippen LogP contribution in [-0.4, -0.2) is 16.1 Å². The van der Waals surface area contributed by atoms with Crippen molar-refractivity contribution in [3.8, 4) is 0 Å². The van der Waals surface area contributed by atoms with Crippen LogP contribution in [0.15, 0.2) is 0 Å². The molecule has 0 radical (unpaired) electrons. The second kappa shape index (κ2) is 4.04. The van der Waals surface area contributed by atoms with Crippen molar-refractivity contribution in [2.75, 3.05) is 5.73 Å². The lowest BCUT2D eigenvalue weighted by Crippen LogP contribution is -2.16. The Kier molecular flexibility index (Phi) is 3.16. The molecule has 0 unspecified atom stereocenters. The van der Waals surface area contributed by atoms with E-state index in [1.807, 2.05) is 6.92 Å². The molecule has 0 atom stereocenters. The van der Waals surface area contributed by atoms with Gasteiger partial charge in [-0.05, 0) is 13.3 Å². The summed E-state index contributed by atoms with van der Waals surface area (Å²) in [6, 6.07) is 0. The van der Waals surface area contributed by atoms with E-state index in [1.165, 1.54) is 0 Å². The number of hydrogen-bond acceptors (Lipinski definition) is 3. The van der Waals surface area contributed by atoms with Crippen molar-refractivity contribution in [3.05, 3.63) is 17.1 Å². The van der Waals surface area contributed by atoms with Crippen LogP contribution in [0.3, 0.4) is 0 Å². The Morgan fingerprint density at radius 3 is 2.33 bits per heavy atom. The van der Waals surface area contributed by atoms with Crippen molar-refractivity contribution in [2.45, 2.75) is 32.9 Å². The monoisotopic (exact) mass is 219 g/mol. The number of aromatic nitrogens is 2. The first kappa shape index (κ1) is 11.7. The van der Waals surface area contributed by atoms with Crippen LogP contribution in [0.2, 0.25) is 0 Å². The third kappa shape index (κ3) is 3.07. The molecule has 1 aromatic rings. The molecule has 15 heavy (non-hydrogen) atoms. The number of anilines is 1. The average Bonchev–Trinajstić information content (AvgIpc) is 2.08. The van der Waals surface area contributed by atoms with Gasteiger partial charge in [0.1, 0.15) is 18.1 Å². The molecule has 0 aliphatic heterocycles. The first-order chi connectivity index (χ1) is 6.83. The van der Waals surface area contributed by atoms with E-state index in [2.05, 4.69) is 9.97 Å². The number of halogens is 3. The van der Waals surface area contributed by atoms with E-state index < -0.39 is 12.6 Å². The van der Waals surface area contributed by atoms with Gasteiger partial charge in [0.05, 0.1) is 0 Å². The normalized spacial score (nSPS) is 11.8. The largest absolute Gasteiger partial charge is 0.396 e. The number of alkyl halides is 3. The smallest absolute Gasteiger partial charge is 0.383 e. The summed E-state index contributed by atoms with van der Waals surface area (Å²) in [6.45, 7) is 3.51. The summed E-state index contributed by atoms with van der Waals surface area (Å²) in [6.07, 6.45) is -4.89. The summed E-state index contributed by atoms with van der Waals surface area (Å²) in [5.41, 5.74) is 6.72. The van der Waals surface area contributed by atoms with E-state index in [9.17, 15) is 13.2 Å². The maximum atomic E-state index is 12.1. The van der Waals surface area contributed by atoms with Gasteiger partial charge >= 0.3 is 6.18 Å². The Morgan fingerprint density at radius 1 is 1.27 bits per heavy atom. The van der Waals surface area contributed by atoms with Crippen LogP contribution >= 0.6 is 0 Å². The molecule has 1 rings (SSSR count). The molecule has 1 aromatic heterocycles. The Labute approximate surface area is 85.5 Å². The van der Waals surface area contributed by atoms with Gasteiger partial charge in [-0.1, -0.05) is 6.92 Å². The van der Waals surface area contributed by atoms with Crippen molar-refractivity contribution in [1.29, 1.82) is 0 Å². The Hall–Kier alpha value is -1.33. The van der Waals surface area contributed by atoms with Crippen LogP contribution in [0.25, 0.3) is 0 Å². The molecule has 0 aliphatic rings. The topological polar surface area (TPSA) is 51.8 Å². The van der Waals surface area contributed by atoms with Gasteiger partial charge in [0.25, 0.3) is 0 Å². The van der Waals surface area contributed by atoms with Crippen molar-refractivity contribution in [2.24, 2.45) is 0 Å². The third-order valence-corrected chi connectivity index (χ3v) is 2.02. The molecule has 0 saturated heterocycles. The van der Waals surface area contributed by atoms with E-state index in [4.69, 9.17) is 5.73 Å². The van der Waals surface area contributed by atoms with Crippen LogP contribution in [0.1, 0.15) is 24.0 Å². The van der Waals surface area contributed by atoms with Crippen LogP contribution in [-0.2, 0) is 12.8 Å². The summed E-state index contributed by atoms with van der Waals surface area (Å²) in [4.78, 5) is 7.44. The predicted octanol–water partition coefficient (Wildman–Crippen LogP) is 2.03. The van der Waals surface area contributed by atoms with Gasteiger partial charge < -0.3 is 5.73 Å². The Balaban J connectivity index is 3.06. The zero-order chi connectivity index (χ0) is 11.6. The summed E-state index contributed by atoms with van der Waals surface area (Å²) in [5, 5.41) is 0.